The standard InChI is InChI=1S/C14H17N3O6S.Na.H/c1-9(18)15-8-11-13(14(20)17(11)24(21,22)23)16-12(19)7-10-5-3-2-4-6-10;;/h2-6,11,13H,7-8H2,1H3,(H,15,18)(H,16,19)(H,21,22,23);;/q;+1;-1. The summed E-state index contributed by atoms with van der Waals surface area (Å²) in [4.78, 5) is 34.9. The summed E-state index contributed by atoms with van der Waals surface area (Å²) < 4.78 is 31.8. The maximum atomic E-state index is 12.0. The van der Waals surface area contributed by atoms with Crippen LogP contribution in [0.15, 0.2) is 30.3 Å². The van der Waals surface area contributed by atoms with Gasteiger partial charge in [0.05, 0.1) is 12.5 Å². The monoisotopic (exact) mass is 379 g/mol. The van der Waals surface area contributed by atoms with Crippen molar-refractivity contribution in [3.8, 4) is 0 Å². The number of benzene rings is 1. The zero-order chi connectivity index (χ0) is 17.9. The molecule has 132 valence electrons. The van der Waals surface area contributed by atoms with Crippen LogP contribution in [0.4, 0.5) is 0 Å². The van der Waals surface area contributed by atoms with E-state index in [1.165, 1.54) is 6.92 Å². The molecule has 1 aromatic carbocycles. The number of amides is 3. The van der Waals surface area contributed by atoms with E-state index in [2.05, 4.69) is 10.6 Å². The van der Waals surface area contributed by atoms with Crippen LogP contribution in [-0.2, 0) is 31.1 Å². The van der Waals surface area contributed by atoms with Gasteiger partial charge in [0.25, 0.3) is 5.91 Å². The van der Waals surface area contributed by atoms with E-state index in [0.717, 1.165) is 5.56 Å². The van der Waals surface area contributed by atoms with Crippen LogP contribution in [-0.4, -0.2) is 53.6 Å². The van der Waals surface area contributed by atoms with Gasteiger partial charge in [-0.25, -0.2) is 4.31 Å². The van der Waals surface area contributed by atoms with E-state index in [0.29, 0.717) is 0 Å². The van der Waals surface area contributed by atoms with Crippen molar-refractivity contribution in [2.45, 2.75) is 25.4 Å². The van der Waals surface area contributed by atoms with Gasteiger partial charge in [-0.05, 0) is 5.56 Å². The molecule has 1 fully saturated rings. The molecule has 25 heavy (non-hydrogen) atoms. The van der Waals surface area contributed by atoms with Gasteiger partial charge in [-0.15, -0.1) is 0 Å². The van der Waals surface area contributed by atoms with Crippen molar-refractivity contribution in [1.29, 1.82) is 0 Å². The molecule has 2 atom stereocenters. The van der Waals surface area contributed by atoms with Gasteiger partial charge in [-0.3, -0.25) is 18.9 Å². The van der Waals surface area contributed by atoms with Crippen molar-refractivity contribution >= 4 is 28.0 Å². The van der Waals surface area contributed by atoms with Gasteiger partial charge in [0.1, 0.15) is 6.04 Å². The number of nitrogens with zero attached hydrogens (tertiary/aromatic N) is 1. The Labute approximate surface area is 168 Å². The second-order valence-corrected chi connectivity index (χ2v) is 6.61. The van der Waals surface area contributed by atoms with Gasteiger partial charge in [0, 0.05) is 13.5 Å². The Balaban J connectivity index is 0.00000312. The van der Waals surface area contributed by atoms with Crippen LogP contribution in [0.2, 0.25) is 0 Å². The Hall–Kier alpha value is -1.46. The number of carbonyl (C=O) groups is 3. The van der Waals surface area contributed by atoms with Crippen LogP contribution in [0.1, 0.15) is 13.9 Å². The second kappa shape index (κ2) is 8.77. The molecule has 0 aliphatic carbocycles. The fourth-order valence-electron chi connectivity index (χ4n) is 2.42. The molecule has 0 bridgehead atoms. The smallest absolute Gasteiger partial charge is 1.00 e. The van der Waals surface area contributed by atoms with Gasteiger partial charge in [-0.2, -0.15) is 8.42 Å². The van der Waals surface area contributed by atoms with Crippen molar-refractivity contribution < 1.29 is 58.3 Å². The van der Waals surface area contributed by atoms with E-state index in [4.69, 9.17) is 4.55 Å². The normalized spacial score (nSPS) is 19.4. The first-order chi connectivity index (χ1) is 11.2. The molecule has 9 nitrogen and oxygen atoms in total. The summed E-state index contributed by atoms with van der Waals surface area (Å²) in [6.07, 6.45) is 0.0172. The maximum Gasteiger partial charge on any atom is 1.00 e. The fraction of sp³-hybridized carbons (Fsp3) is 0.357. The van der Waals surface area contributed by atoms with Crippen LogP contribution < -0.4 is 40.2 Å². The van der Waals surface area contributed by atoms with E-state index < -0.39 is 40.1 Å². The molecule has 0 aromatic heterocycles. The average Bonchev–Trinajstić information content (AvgIpc) is 2.48. The van der Waals surface area contributed by atoms with Gasteiger partial charge in [0.15, 0.2) is 0 Å². The Morgan fingerprint density at radius 1 is 1.28 bits per heavy atom. The summed E-state index contributed by atoms with van der Waals surface area (Å²) in [5.74, 6) is -1.85. The Bertz CT molecular complexity index is 761. The van der Waals surface area contributed by atoms with Crippen molar-refractivity contribution in [3.05, 3.63) is 35.9 Å². The Morgan fingerprint density at radius 2 is 1.88 bits per heavy atom. The summed E-state index contributed by atoms with van der Waals surface area (Å²) in [5.41, 5.74) is 0.729. The molecule has 1 saturated heterocycles. The first kappa shape index (κ1) is 21.6. The van der Waals surface area contributed by atoms with Crippen LogP contribution in [0.5, 0.6) is 0 Å². The van der Waals surface area contributed by atoms with Crippen LogP contribution in [0, 0.1) is 0 Å². The van der Waals surface area contributed by atoms with Crippen molar-refractivity contribution in [2.75, 3.05) is 6.54 Å². The fourth-order valence-corrected chi connectivity index (χ4v) is 3.30. The SMILES string of the molecule is CC(=O)NCC1C(NC(=O)Cc2ccccc2)C(=O)N1S(=O)(=O)O.[H-].[Na+]. The van der Waals surface area contributed by atoms with Crippen molar-refractivity contribution in [1.82, 2.24) is 14.9 Å². The summed E-state index contributed by atoms with van der Waals surface area (Å²) in [6.45, 7) is 1.01. The number of hydrogen-bond acceptors (Lipinski definition) is 5. The second-order valence-electron chi connectivity index (χ2n) is 5.32. The number of β-lactam (4-membered cyclic amide) rings is 1. The third-order valence-corrected chi connectivity index (χ3v) is 4.45. The Morgan fingerprint density at radius 3 is 2.40 bits per heavy atom. The van der Waals surface area contributed by atoms with Crippen LogP contribution in [0.25, 0.3) is 0 Å². The molecular formula is C14H18N3NaO6S. The van der Waals surface area contributed by atoms with E-state index in [1.807, 2.05) is 0 Å². The summed E-state index contributed by atoms with van der Waals surface area (Å²) in [7, 11) is -4.76. The number of hydrogen-bond donors (Lipinski definition) is 3. The summed E-state index contributed by atoms with van der Waals surface area (Å²) in [6, 6.07) is 6.59. The summed E-state index contributed by atoms with van der Waals surface area (Å²) >= 11 is 0. The molecule has 1 aliphatic rings. The maximum absolute atomic E-state index is 12.0. The van der Waals surface area contributed by atoms with E-state index >= 15 is 0 Å². The molecule has 0 saturated carbocycles. The Kier molecular flexibility index (Phi) is 7.57. The van der Waals surface area contributed by atoms with E-state index in [9.17, 15) is 22.8 Å². The molecule has 3 amide bonds. The molecular weight excluding hydrogens is 361 g/mol. The number of carbonyl (C=O) groups excluding carboxylic acids is 3. The molecule has 2 unspecified atom stereocenters. The first-order valence-electron chi connectivity index (χ1n) is 7.08. The average molecular weight is 379 g/mol. The zero-order valence-electron chi connectivity index (χ0n) is 14.8. The third kappa shape index (κ3) is 5.51. The van der Waals surface area contributed by atoms with Gasteiger partial charge < -0.3 is 12.1 Å². The van der Waals surface area contributed by atoms with E-state index in [-0.39, 0.29) is 48.3 Å². The quantitative estimate of drug-likeness (QED) is 0.262. The van der Waals surface area contributed by atoms with E-state index in [1.54, 1.807) is 30.3 Å². The van der Waals surface area contributed by atoms with Crippen LogP contribution in [0.3, 0.4) is 0 Å². The van der Waals surface area contributed by atoms with Gasteiger partial charge >= 0.3 is 39.9 Å². The summed E-state index contributed by atoms with van der Waals surface area (Å²) in [5, 5.41) is 4.80. The molecule has 2 rings (SSSR count). The topological polar surface area (TPSA) is 133 Å². The molecule has 3 N–H and O–H groups in total. The van der Waals surface area contributed by atoms with Gasteiger partial charge in [-0.1, -0.05) is 30.3 Å². The first-order valence-corrected chi connectivity index (χ1v) is 8.48. The molecule has 1 heterocycles. The predicted octanol–water partition coefficient (Wildman–Crippen LogP) is -4.02. The van der Waals surface area contributed by atoms with Crippen molar-refractivity contribution in [2.24, 2.45) is 0 Å². The molecule has 1 aliphatic heterocycles. The molecule has 11 heteroatoms. The minimum absolute atomic E-state index is 0. The molecule has 1 aromatic rings. The van der Waals surface area contributed by atoms with Crippen molar-refractivity contribution in [3.63, 3.8) is 0 Å². The predicted molar refractivity (Wildman–Crippen MR) is 84.1 cm³/mol. The zero-order valence-corrected chi connectivity index (χ0v) is 16.6. The van der Waals surface area contributed by atoms with Gasteiger partial charge in [0.2, 0.25) is 11.8 Å². The third-order valence-electron chi connectivity index (χ3n) is 3.50. The number of nitrogens with one attached hydrogen (secondary N) is 2. The minimum Gasteiger partial charge on any atom is -1.00 e. The molecule has 0 radical (unpaired) electrons. The number of rotatable bonds is 6. The largest absolute Gasteiger partial charge is 1.00 e. The minimum atomic E-state index is -4.76. The van der Waals surface area contributed by atoms with Crippen LogP contribution >= 0.6 is 0 Å². The molecule has 0 spiro atoms.